The first-order valence-electron chi connectivity index (χ1n) is 13.1. The van der Waals surface area contributed by atoms with Gasteiger partial charge in [0.2, 0.25) is 16.1 Å². The number of hydrogen-bond acceptors (Lipinski definition) is 7. The fourth-order valence-electron chi connectivity index (χ4n) is 4.70. The number of ether oxygens (including phenoxy) is 2. The molecular formula is C30H35N3O6S. The highest BCUT2D eigenvalue weighted by atomic mass is 32.2. The molecule has 0 aromatic heterocycles. The molecule has 1 aliphatic heterocycles. The maximum absolute atomic E-state index is 13.4. The highest BCUT2D eigenvalue weighted by Gasteiger charge is 2.32. The maximum Gasteiger partial charge on any atom is 0.303 e. The third-order valence-electron chi connectivity index (χ3n) is 6.96. The first kappa shape index (κ1) is 29.1. The van der Waals surface area contributed by atoms with Gasteiger partial charge in [-0.1, -0.05) is 60.7 Å². The average Bonchev–Trinajstić information content (AvgIpc) is 2.98. The number of esters is 1. The van der Waals surface area contributed by atoms with Gasteiger partial charge in [0, 0.05) is 52.3 Å². The Kier molecular flexibility index (Phi) is 9.44. The fourth-order valence-corrected chi connectivity index (χ4v) is 5.89. The highest BCUT2D eigenvalue weighted by molar-refractivity contribution is 7.89. The number of carbonyl (C=O) groups is 2. The van der Waals surface area contributed by atoms with Crippen molar-refractivity contribution >= 4 is 27.6 Å². The molecule has 3 aromatic rings. The first-order chi connectivity index (χ1) is 19.2. The molecular weight excluding hydrogens is 530 g/mol. The lowest BCUT2D eigenvalue weighted by Gasteiger charge is -2.38. The maximum atomic E-state index is 13.4. The van der Waals surface area contributed by atoms with Crippen molar-refractivity contribution in [1.29, 1.82) is 0 Å². The molecule has 4 rings (SSSR count). The monoisotopic (exact) mass is 565 g/mol. The SMILES string of the molecule is COc1ccc(S(=O)(=O)N(C)CCc2ccccc2)cc1N1CCN(C(=O)[C@@H](OC(C)=O)c2ccccc2)CC1. The van der Waals surface area contributed by atoms with E-state index in [0.29, 0.717) is 56.1 Å². The molecule has 10 heteroatoms. The summed E-state index contributed by atoms with van der Waals surface area (Å²) >= 11 is 0. The number of methoxy groups -OCH3 is 1. The summed E-state index contributed by atoms with van der Waals surface area (Å²) in [5, 5.41) is 0. The lowest BCUT2D eigenvalue weighted by atomic mass is 10.1. The second-order valence-electron chi connectivity index (χ2n) is 9.61. The van der Waals surface area contributed by atoms with Crippen LogP contribution in [0.2, 0.25) is 0 Å². The minimum Gasteiger partial charge on any atom is -0.495 e. The number of piperazine rings is 1. The van der Waals surface area contributed by atoms with Crippen molar-refractivity contribution < 1.29 is 27.5 Å². The van der Waals surface area contributed by atoms with Gasteiger partial charge in [-0.25, -0.2) is 12.7 Å². The summed E-state index contributed by atoms with van der Waals surface area (Å²) in [5.41, 5.74) is 2.32. The van der Waals surface area contributed by atoms with Gasteiger partial charge in [0.1, 0.15) is 5.75 Å². The summed E-state index contributed by atoms with van der Waals surface area (Å²) in [6, 6.07) is 23.6. The van der Waals surface area contributed by atoms with E-state index in [2.05, 4.69) is 0 Å². The summed E-state index contributed by atoms with van der Waals surface area (Å²) in [6.45, 7) is 3.29. The van der Waals surface area contributed by atoms with Gasteiger partial charge in [0.05, 0.1) is 17.7 Å². The molecule has 1 saturated heterocycles. The molecule has 0 unspecified atom stereocenters. The molecule has 9 nitrogen and oxygen atoms in total. The van der Waals surface area contributed by atoms with Gasteiger partial charge in [-0.3, -0.25) is 9.59 Å². The van der Waals surface area contributed by atoms with Crippen LogP contribution in [-0.2, 0) is 30.8 Å². The van der Waals surface area contributed by atoms with E-state index in [9.17, 15) is 18.0 Å². The molecule has 1 fully saturated rings. The summed E-state index contributed by atoms with van der Waals surface area (Å²) in [5.74, 6) is -0.269. The third-order valence-corrected chi connectivity index (χ3v) is 8.81. The van der Waals surface area contributed by atoms with Gasteiger partial charge < -0.3 is 19.3 Å². The van der Waals surface area contributed by atoms with Crippen LogP contribution in [0.4, 0.5) is 5.69 Å². The third kappa shape index (κ3) is 6.81. The van der Waals surface area contributed by atoms with Crippen LogP contribution in [-0.4, -0.2) is 76.4 Å². The summed E-state index contributed by atoms with van der Waals surface area (Å²) < 4.78 is 39.1. The summed E-state index contributed by atoms with van der Waals surface area (Å²) in [6.07, 6.45) is -0.410. The predicted molar refractivity (Wildman–Crippen MR) is 153 cm³/mol. The molecule has 40 heavy (non-hydrogen) atoms. The van der Waals surface area contributed by atoms with Crippen LogP contribution < -0.4 is 9.64 Å². The Balaban J connectivity index is 1.47. The minimum absolute atomic E-state index is 0.177. The average molecular weight is 566 g/mol. The second-order valence-corrected chi connectivity index (χ2v) is 11.7. The Morgan fingerprint density at radius 2 is 1.55 bits per heavy atom. The number of likely N-dealkylation sites (N-methyl/N-ethyl adjacent to an activating group) is 1. The first-order valence-corrected chi connectivity index (χ1v) is 14.6. The van der Waals surface area contributed by atoms with Crippen molar-refractivity contribution in [3.8, 4) is 5.75 Å². The fraction of sp³-hybridized carbons (Fsp3) is 0.333. The predicted octanol–water partition coefficient (Wildman–Crippen LogP) is 3.51. The van der Waals surface area contributed by atoms with Crippen molar-refractivity contribution in [2.45, 2.75) is 24.3 Å². The van der Waals surface area contributed by atoms with E-state index in [0.717, 1.165) is 5.56 Å². The number of benzene rings is 3. The number of nitrogens with zero attached hydrogens (tertiary/aromatic N) is 3. The number of amides is 1. The van der Waals surface area contributed by atoms with Crippen molar-refractivity contribution in [2.24, 2.45) is 0 Å². The number of sulfonamides is 1. The quantitative estimate of drug-likeness (QED) is 0.347. The Bertz CT molecular complexity index is 1410. The van der Waals surface area contributed by atoms with Gasteiger partial charge in [0.15, 0.2) is 0 Å². The molecule has 212 valence electrons. The van der Waals surface area contributed by atoms with Crippen LogP contribution in [0.3, 0.4) is 0 Å². The summed E-state index contributed by atoms with van der Waals surface area (Å²) in [7, 11) is -0.609. The Hall–Kier alpha value is -3.89. The van der Waals surface area contributed by atoms with E-state index < -0.39 is 22.1 Å². The van der Waals surface area contributed by atoms with Crippen molar-refractivity contribution in [3.63, 3.8) is 0 Å². The van der Waals surface area contributed by atoms with Gasteiger partial charge in [-0.2, -0.15) is 0 Å². The zero-order valence-electron chi connectivity index (χ0n) is 23.0. The van der Waals surface area contributed by atoms with Gasteiger partial charge in [-0.15, -0.1) is 0 Å². The van der Waals surface area contributed by atoms with Gasteiger partial charge >= 0.3 is 5.97 Å². The molecule has 0 radical (unpaired) electrons. The molecule has 1 heterocycles. The van der Waals surface area contributed by atoms with E-state index >= 15 is 0 Å². The zero-order chi connectivity index (χ0) is 28.7. The largest absolute Gasteiger partial charge is 0.495 e. The minimum atomic E-state index is -3.73. The van der Waals surface area contributed by atoms with E-state index in [1.54, 1.807) is 61.5 Å². The van der Waals surface area contributed by atoms with Gasteiger partial charge in [0.25, 0.3) is 5.91 Å². The van der Waals surface area contributed by atoms with Crippen molar-refractivity contribution in [1.82, 2.24) is 9.21 Å². The van der Waals surface area contributed by atoms with Crippen molar-refractivity contribution in [2.75, 3.05) is 51.8 Å². The van der Waals surface area contributed by atoms with E-state index in [4.69, 9.17) is 9.47 Å². The molecule has 0 spiro atoms. The Labute approximate surface area is 236 Å². The van der Waals surface area contributed by atoms with Crippen LogP contribution in [0.15, 0.2) is 83.8 Å². The zero-order valence-corrected chi connectivity index (χ0v) is 23.8. The lowest BCUT2D eigenvalue weighted by Crippen LogP contribution is -2.50. The number of carbonyl (C=O) groups excluding carboxylic acids is 2. The van der Waals surface area contributed by atoms with Crippen LogP contribution in [0.25, 0.3) is 0 Å². The second kappa shape index (κ2) is 13.0. The molecule has 0 bridgehead atoms. The van der Waals surface area contributed by atoms with E-state index in [1.807, 2.05) is 41.3 Å². The van der Waals surface area contributed by atoms with Gasteiger partial charge in [-0.05, 0) is 30.2 Å². The summed E-state index contributed by atoms with van der Waals surface area (Å²) in [4.78, 5) is 28.9. The van der Waals surface area contributed by atoms with Crippen LogP contribution in [0.1, 0.15) is 24.2 Å². The smallest absolute Gasteiger partial charge is 0.303 e. The van der Waals surface area contributed by atoms with Crippen LogP contribution in [0, 0.1) is 0 Å². The van der Waals surface area contributed by atoms with Crippen LogP contribution >= 0.6 is 0 Å². The topological polar surface area (TPSA) is 96.5 Å². The Morgan fingerprint density at radius 3 is 2.15 bits per heavy atom. The molecule has 1 amide bonds. The molecule has 0 N–H and O–H groups in total. The lowest BCUT2D eigenvalue weighted by molar-refractivity contribution is -0.159. The molecule has 3 aromatic carbocycles. The van der Waals surface area contributed by atoms with Crippen molar-refractivity contribution in [3.05, 3.63) is 90.0 Å². The Morgan fingerprint density at radius 1 is 0.925 bits per heavy atom. The standard InChI is InChI=1S/C30H35N3O6S/c1-23(34)39-29(25-12-8-5-9-13-25)30(35)33-20-18-32(19-21-33)27-22-26(14-15-28(27)38-3)40(36,37)31(2)17-16-24-10-6-4-7-11-24/h4-15,22,29H,16-21H2,1-3H3/t29-/m0/s1. The number of hydrogen-bond donors (Lipinski definition) is 0. The molecule has 1 atom stereocenters. The normalized spacial score (nSPS) is 14.6. The number of anilines is 1. The number of rotatable bonds is 10. The van der Waals surface area contributed by atoms with E-state index in [-0.39, 0.29) is 10.8 Å². The molecule has 0 saturated carbocycles. The molecule has 1 aliphatic rings. The van der Waals surface area contributed by atoms with Crippen LogP contribution in [0.5, 0.6) is 5.75 Å². The highest BCUT2D eigenvalue weighted by Crippen LogP contribution is 2.33. The van der Waals surface area contributed by atoms with E-state index in [1.165, 1.54) is 11.2 Å². The molecule has 0 aliphatic carbocycles.